The molecule has 1 unspecified atom stereocenters. The van der Waals surface area contributed by atoms with Crippen molar-refractivity contribution in [3.63, 3.8) is 0 Å². The Hall–Kier alpha value is -2.00. The summed E-state index contributed by atoms with van der Waals surface area (Å²) in [5.41, 5.74) is 5.55. The molecule has 1 heterocycles. The molecule has 0 aliphatic carbocycles. The van der Waals surface area contributed by atoms with Crippen LogP contribution in [-0.4, -0.2) is 37.3 Å². The van der Waals surface area contributed by atoms with Crippen molar-refractivity contribution in [3.05, 3.63) is 24.3 Å². The summed E-state index contributed by atoms with van der Waals surface area (Å²) < 4.78 is 40.6. The number of ether oxygens (including phenoxy) is 1. The highest BCUT2D eigenvalue weighted by molar-refractivity contribution is 6.01. The summed E-state index contributed by atoms with van der Waals surface area (Å²) >= 11 is 0. The molecule has 0 aromatic heterocycles. The first kappa shape index (κ1) is 20.0. The van der Waals surface area contributed by atoms with E-state index < -0.39 is 18.2 Å². The Morgan fingerprint density at radius 1 is 1.42 bits per heavy atom. The van der Waals surface area contributed by atoms with Crippen LogP contribution in [0.3, 0.4) is 0 Å². The van der Waals surface area contributed by atoms with Crippen LogP contribution in [0.2, 0.25) is 0 Å². The fourth-order valence-corrected chi connectivity index (χ4v) is 2.32. The second-order valence-electron chi connectivity index (χ2n) is 4.98. The number of benzene rings is 1. The normalized spacial score (nSPS) is 17.4. The Bertz CT molecular complexity index is 598. The lowest BCUT2D eigenvalue weighted by Gasteiger charge is -2.18. The molecule has 1 aromatic rings. The van der Waals surface area contributed by atoms with Crippen LogP contribution in [0.4, 0.5) is 18.9 Å². The summed E-state index contributed by atoms with van der Waals surface area (Å²) in [5.74, 6) is -1.11. The average Bonchev–Trinajstić information content (AvgIpc) is 2.79. The van der Waals surface area contributed by atoms with E-state index in [0.717, 1.165) is 12.1 Å². The van der Waals surface area contributed by atoms with Gasteiger partial charge in [-0.05, 0) is 18.6 Å². The van der Waals surface area contributed by atoms with E-state index in [0.29, 0.717) is 13.0 Å². The summed E-state index contributed by atoms with van der Waals surface area (Å²) in [6.07, 6.45) is -4.31. The Kier molecular flexibility index (Phi) is 6.85. The van der Waals surface area contributed by atoms with E-state index in [2.05, 4.69) is 10.1 Å². The van der Waals surface area contributed by atoms with Gasteiger partial charge in [0.2, 0.25) is 11.8 Å². The smallest absolute Gasteiger partial charge is 0.406 e. The third kappa shape index (κ3) is 5.27. The minimum absolute atomic E-state index is 0. The standard InChI is InChI=1S/C14H16F3N3O3.ClH/c15-14(16,17)23-10-3-1-2-9(8-10)20-7-5-11(13(20)22)19-12(21)4-6-18;/h1-3,8,11H,4-7,18H2,(H,19,21);1H. The van der Waals surface area contributed by atoms with Crippen LogP contribution < -0.4 is 20.7 Å². The first-order chi connectivity index (χ1) is 10.8. The van der Waals surface area contributed by atoms with Crippen molar-refractivity contribution in [2.75, 3.05) is 18.0 Å². The number of hydrogen-bond acceptors (Lipinski definition) is 4. The fraction of sp³-hybridized carbons (Fsp3) is 0.429. The van der Waals surface area contributed by atoms with Crippen LogP contribution in [0, 0.1) is 0 Å². The van der Waals surface area contributed by atoms with Gasteiger partial charge in [0.1, 0.15) is 11.8 Å². The van der Waals surface area contributed by atoms with E-state index in [-0.39, 0.29) is 42.9 Å². The molecule has 0 saturated carbocycles. The van der Waals surface area contributed by atoms with Gasteiger partial charge in [-0.2, -0.15) is 0 Å². The second kappa shape index (κ2) is 8.20. The van der Waals surface area contributed by atoms with E-state index >= 15 is 0 Å². The number of hydrogen-bond donors (Lipinski definition) is 2. The molecule has 2 amide bonds. The van der Waals surface area contributed by atoms with Gasteiger partial charge in [0.25, 0.3) is 0 Å². The van der Waals surface area contributed by atoms with Gasteiger partial charge in [-0.1, -0.05) is 6.07 Å². The van der Waals surface area contributed by atoms with E-state index in [9.17, 15) is 22.8 Å². The van der Waals surface area contributed by atoms with Gasteiger partial charge in [0, 0.05) is 31.3 Å². The number of carbonyl (C=O) groups is 2. The quantitative estimate of drug-likeness (QED) is 0.827. The number of carbonyl (C=O) groups excluding carboxylic acids is 2. The zero-order valence-corrected chi connectivity index (χ0v) is 13.3. The largest absolute Gasteiger partial charge is 0.573 e. The highest BCUT2D eigenvalue weighted by Gasteiger charge is 2.34. The molecule has 10 heteroatoms. The minimum atomic E-state index is -4.80. The van der Waals surface area contributed by atoms with Crippen LogP contribution in [-0.2, 0) is 9.59 Å². The molecule has 0 spiro atoms. The molecule has 1 atom stereocenters. The van der Waals surface area contributed by atoms with E-state index in [1.165, 1.54) is 17.0 Å². The number of alkyl halides is 3. The molecule has 1 aliphatic rings. The highest BCUT2D eigenvalue weighted by Crippen LogP contribution is 2.29. The van der Waals surface area contributed by atoms with E-state index in [1.807, 2.05) is 0 Å². The first-order valence-corrected chi connectivity index (χ1v) is 6.97. The predicted molar refractivity (Wildman–Crippen MR) is 82.9 cm³/mol. The molecule has 0 radical (unpaired) electrons. The fourth-order valence-electron chi connectivity index (χ4n) is 2.32. The molecule has 134 valence electrons. The summed E-state index contributed by atoms with van der Waals surface area (Å²) in [6, 6.07) is 4.46. The lowest BCUT2D eigenvalue weighted by Crippen LogP contribution is -2.42. The summed E-state index contributed by atoms with van der Waals surface area (Å²) in [7, 11) is 0. The molecule has 24 heavy (non-hydrogen) atoms. The summed E-state index contributed by atoms with van der Waals surface area (Å²) in [5, 5.41) is 2.56. The van der Waals surface area contributed by atoms with Crippen molar-refractivity contribution in [3.8, 4) is 5.75 Å². The SMILES string of the molecule is Cl.NCCC(=O)NC1CCN(c2cccc(OC(F)(F)F)c2)C1=O. The molecule has 2 rings (SSSR count). The third-order valence-electron chi connectivity index (χ3n) is 3.27. The van der Waals surface area contributed by atoms with Crippen molar-refractivity contribution >= 4 is 29.9 Å². The second-order valence-corrected chi connectivity index (χ2v) is 4.98. The number of nitrogens with two attached hydrogens (primary N) is 1. The van der Waals surface area contributed by atoms with Crippen LogP contribution in [0.5, 0.6) is 5.75 Å². The molecule has 3 N–H and O–H groups in total. The molecule has 1 fully saturated rings. The van der Waals surface area contributed by atoms with Gasteiger partial charge >= 0.3 is 6.36 Å². The van der Waals surface area contributed by atoms with E-state index in [4.69, 9.17) is 5.73 Å². The average molecular weight is 368 g/mol. The number of halogens is 4. The Balaban J connectivity index is 0.00000288. The molecule has 1 saturated heterocycles. The summed E-state index contributed by atoms with van der Waals surface area (Å²) in [6.45, 7) is 0.467. The third-order valence-corrected chi connectivity index (χ3v) is 3.27. The topological polar surface area (TPSA) is 84.7 Å². The van der Waals surface area contributed by atoms with Crippen LogP contribution in [0.25, 0.3) is 0 Å². The van der Waals surface area contributed by atoms with Crippen molar-refractivity contribution < 1.29 is 27.5 Å². The molecular formula is C14H17ClF3N3O3. The maximum absolute atomic E-state index is 12.3. The number of nitrogens with zero attached hydrogens (tertiary/aromatic N) is 1. The van der Waals surface area contributed by atoms with Crippen LogP contribution in [0.1, 0.15) is 12.8 Å². The van der Waals surface area contributed by atoms with Gasteiger partial charge in [-0.15, -0.1) is 25.6 Å². The molecule has 6 nitrogen and oxygen atoms in total. The monoisotopic (exact) mass is 367 g/mol. The lowest BCUT2D eigenvalue weighted by atomic mass is 10.2. The lowest BCUT2D eigenvalue weighted by molar-refractivity contribution is -0.274. The molecule has 0 bridgehead atoms. The Morgan fingerprint density at radius 3 is 2.75 bits per heavy atom. The summed E-state index contributed by atoms with van der Waals surface area (Å²) in [4.78, 5) is 25.1. The number of amides is 2. The van der Waals surface area contributed by atoms with Crippen LogP contribution in [0.15, 0.2) is 24.3 Å². The molecule has 1 aromatic carbocycles. The minimum Gasteiger partial charge on any atom is -0.406 e. The molecular weight excluding hydrogens is 351 g/mol. The van der Waals surface area contributed by atoms with Crippen molar-refractivity contribution in [1.29, 1.82) is 0 Å². The van der Waals surface area contributed by atoms with Gasteiger partial charge in [-0.25, -0.2) is 0 Å². The maximum Gasteiger partial charge on any atom is 0.573 e. The number of rotatable bonds is 5. The first-order valence-electron chi connectivity index (χ1n) is 6.97. The highest BCUT2D eigenvalue weighted by atomic mass is 35.5. The van der Waals surface area contributed by atoms with Crippen molar-refractivity contribution in [2.24, 2.45) is 5.73 Å². The number of nitrogens with one attached hydrogen (secondary N) is 1. The Morgan fingerprint density at radius 2 is 2.12 bits per heavy atom. The zero-order chi connectivity index (χ0) is 17.0. The van der Waals surface area contributed by atoms with Gasteiger partial charge in [0.05, 0.1) is 0 Å². The van der Waals surface area contributed by atoms with Crippen molar-refractivity contribution in [2.45, 2.75) is 25.2 Å². The number of anilines is 1. The Labute approximate surface area is 142 Å². The van der Waals surface area contributed by atoms with Gasteiger partial charge < -0.3 is 20.7 Å². The van der Waals surface area contributed by atoms with Gasteiger partial charge in [0.15, 0.2) is 0 Å². The molecule has 1 aliphatic heterocycles. The van der Waals surface area contributed by atoms with Crippen LogP contribution >= 0.6 is 12.4 Å². The van der Waals surface area contributed by atoms with E-state index in [1.54, 1.807) is 0 Å². The maximum atomic E-state index is 12.3. The zero-order valence-electron chi connectivity index (χ0n) is 12.5. The van der Waals surface area contributed by atoms with Crippen molar-refractivity contribution in [1.82, 2.24) is 5.32 Å². The predicted octanol–water partition coefficient (Wildman–Crippen LogP) is 1.58. The van der Waals surface area contributed by atoms with Gasteiger partial charge in [-0.3, -0.25) is 9.59 Å².